The summed E-state index contributed by atoms with van der Waals surface area (Å²) in [7, 11) is 3.93. The molecule has 31 heavy (non-hydrogen) atoms. The van der Waals surface area contributed by atoms with Crippen LogP contribution in [0.25, 0.3) is 11.0 Å². The van der Waals surface area contributed by atoms with E-state index in [2.05, 4.69) is 0 Å². The molecule has 1 aromatic heterocycles. The Morgan fingerprint density at radius 2 is 1.74 bits per heavy atom. The number of fused-ring (bicyclic) bond motifs is 3. The minimum atomic E-state index is -0.796. The molecule has 1 atom stereocenters. The Morgan fingerprint density at radius 1 is 1.03 bits per heavy atom. The van der Waals surface area contributed by atoms with Crippen LogP contribution in [0.3, 0.4) is 0 Å². The van der Waals surface area contributed by atoms with Gasteiger partial charge in [-0.15, -0.1) is 12.4 Å². The summed E-state index contributed by atoms with van der Waals surface area (Å²) in [6.45, 7) is 0.204. The fourth-order valence-electron chi connectivity index (χ4n) is 3.86. The summed E-state index contributed by atoms with van der Waals surface area (Å²) in [5, 5.41) is 11.2. The molecule has 1 heterocycles. The van der Waals surface area contributed by atoms with Crippen LogP contribution in [0.1, 0.15) is 24.0 Å². The average molecular weight is 446 g/mol. The zero-order chi connectivity index (χ0) is 21.1. The van der Waals surface area contributed by atoms with E-state index in [9.17, 15) is 9.90 Å². The summed E-state index contributed by atoms with van der Waals surface area (Å²) in [5.74, 6) is 1.32. The maximum absolute atomic E-state index is 12.3. The summed E-state index contributed by atoms with van der Waals surface area (Å²) < 4.78 is 17.2. The zero-order valence-corrected chi connectivity index (χ0v) is 18.6. The average Bonchev–Trinajstić information content (AvgIpc) is 2.76. The number of anilines is 1. The second-order valence-electron chi connectivity index (χ2n) is 7.85. The molecule has 3 aromatic rings. The summed E-state index contributed by atoms with van der Waals surface area (Å²) >= 11 is 0. The molecule has 7 heteroatoms. The SMILES string of the molecule is CN(C)c1cccc(OCC(O)COc2cccc3oc(=O)c4c(c23)CCCC4)c1.Cl. The summed E-state index contributed by atoms with van der Waals surface area (Å²) in [6, 6.07) is 13.1. The van der Waals surface area contributed by atoms with Gasteiger partial charge in [0, 0.05) is 31.4 Å². The van der Waals surface area contributed by atoms with Gasteiger partial charge in [-0.3, -0.25) is 0 Å². The number of aliphatic hydroxyl groups is 1. The van der Waals surface area contributed by atoms with E-state index >= 15 is 0 Å². The number of nitrogens with zero attached hydrogens (tertiary/aromatic N) is 1. The van der Waals surface area contributed by atoms with Gasteiger partial charge >= 0.3 is 5.63 Å². The molecular weight excluding hydrogens is 418 g/mol. The normalized spacial score (nSPS) is 13.8. The zero-order valence-electron chi connectivity index (χ0n) is 17.8. The molecule has 1 aliphatic rings. The lowest BCUT2D eigenvalue weighted by Gasteiger charge is -2.19. The first kappa shape index (κ1) is 23.0. The molecule has 2 aromatic carbocycles. The quantitative estimate of drug-likeness (QED) is 0.554. The van der Waals surface area contributed by atoms with Crippen LogP contribution in [0.15, 0.2) is 51.7 Å². The van der Waals surface area contributed by atoms with Crippen LogP contribution in [0.2, 0.25) is 0 Å². The van der Waals surface area contributed by atoms with Crippen LogP contribution in [0.4, 0.5) is 5.69 Å². The molecule has 166 valence electrons. The van der Waals surface area contributed by atoms with E-state index in [0.29, 0.717) is 17.1 Å². The van der Waals surface area contributed by atoms with Crippen molar-refractivity contribution in [3.63, 3.8) is 0 Å². The van der Waals surface area contributed by atoms with Crippen LogP contribution >= 0.6 is 12.4 Å². The van der Waals surface area contributed by atoms with E-state index in [4.69, 9.17) is 13.9 Å². The van der Waals surface area contributed by atoms with Gasteiger partial charge in [0.1, 0.15) is 36.4 Å². The highest BCUT2D eigenvalue weighted by Crippen LogP contribution is 2.33. The van der Waals surface area contributed by atoms with Crippen LogP contribution < -0.4 is 20.0 Å². The number of ether oxygens (including phenoxy) is 2. The standard InChI is InChI=1S/C24H27NO5.ClH/c1-25(2)16-7-5-8-18(13-16)28-14-17(26)15-29-21-11-6-12-22-23(21)19-9-3-4-10-20(19)24(27)30-22;/h5-8,11-13,17,26H,3-4,9-10,14-15H2,1-2H3;1H. The summed E-state index contributed by atoms with van der Waals surface area (Å²) in [4.78, 5) is 14.3. The molecule has 4 rings (SSSR count). The van der Waals surface area contributed by atoms with Gasteiger partial charge < -0.3 is 23.9 Å². The molecule has 0 amide bonds. The van der Waals surface area contributed by atoms with Crippen molar-refractivity contribution in [1.29, 1.82) is 0 Å². The van der Waals surface area contributed by atoms with Crippen LogP contribution in [-0.2, 0) is 12.8 Å². The van der Waals surface area contributed by atoms with Crippen LogP contribution in [-0.4, -0.2) is 38.5 Å². The van der Waals surface area contributed by atoms with Crippen molar-refractivity contribution in [3.05, 3.63) is 64.0 Å². The van der Waals surface area contributed by atoms with Crippen molar-refractivity contribution in [1.82, 2.24) is 0 Å². The Hall–Kier alpha value is -2.70. The number of rotatable bonds is 7. The van der Waals surface area contributed by atoms with E-state index < -0.39 is 6.10 Å². The van der Waals surface area contributed by atoms with Crippen molar-refractivity contribution < 1.29 is 19.0 Å². The van der Waals surface area contributed by atoms with Gasteiger partial charge in [0.25, 0.3) is 0 Å². The summed E-state index contributed by atoms with van der Waals surface area (Å²) in [5.41, 5.74) is 3.09. The highest BCUT2D eigenvalue weighted by Gasteiger charge is 2.21. The third-order valence-electron chi connectivity index (χ3n) is 5.41. The predicted octanol–water partition coefficient (Wildman–Crippen LogP) is 3.98. The molecule has 1 N–H and O–H groups in total. The smallest absolute Gasteiger partial charge is 0.339 e. The lowest BCUT2D eigenvalue weighted by molar-refractivity contribution is 0.0631. The number of hydrogen-bond donors (Lipinski definition) is 1. The molecule has 6 nitrogen and oxygen atoms in total. The van der Waals surface area contributed by atoms with Crippen molar-refractivity contribution in [2.24, 2.45) is 0 Å². The van der Waals surface area contributed by atoms with Crippen LogP contribution in [0.5, 0.6) is 11.5 Å². The third-order valence-corrected chi connectivity index (χ3v) is 5.41. The molecule has 0 aliphatic heterocycles. The van der Waals surface area contributed by atoms with Crippen molar-refractivity contribution in [3.8, 4) is 11.5 Å². The Bertz CT molecular complexity index is 1100. The Kier molecular flexibility index (Phi) is 7.46. The first-order chi connectivity index (χ1) is 14.5. The van der Waals surface area contributed by atoms with Crippen LogP contribution in [0, 0.1) is 0 Å². The number of aryl methyl sites for hydroxylation is 1. The highest BCUT2D eigenvalue weighted by molar-refractivity contribution is 5.88. The molecule has 0 spiro atoms. The minimum Gasteiger partial charge on any atom is -0.491 e. The summed E-state index contributed by atoms with van der Waals surface area (Å²) in [6.07, 6.45) is 2.82. The fourth-order valence-corrected chi connectivity index (χ4v) is 3.86. The number of benzene rings is 2. The second-order valence-corrected chi connectivity index (χ2v) is 7.85. The van der Waals surface area contributed by atoms with E-state index in [0.717, 1.165) is 47.9 Å². The molecule has 0 radical (unpaired) electrons. The monoisotopic (exact) mass is 445 g/mol. The lowest BCUT2D eigenvalue weighted by Crippen LogP contribution is -2.25. The van der Waals surface area contributed by atoms with Gasteiger partial charge in [-0.05, 0) is 55.5 Å². The lowest BCUT2D eigenvalue weighted by atomic mass is 9.90. The molecule has 0 bridgehead atoms. The van der Waals surface area contributed by atoms with Crippen molar-refractivity contribution >= 4 is 29.1 Å². The number of hydrogen-bond acceptors (Lipinski definition) is 6. The van der Waals surface area contributed by atoms with E-state index in [1.807, 2.05) is 49.3 Å². The molecular formula is C24H28ClNO5. The van der Waals surface area contributed by atoms with Crippen molar-refractivity contribution in [2.75, 3.05) is 32.2 Å². The Morgan fingerprint density at radius 3 is 2.52 bits per heavy atom. The third kappa shape index (κ3) is 5.14. The highest BCUT2D eigenvalue weighted by atomic mass is 35.5. The van der Waals surface area contributed by atoms with Gasteiger partial charge in [-0.25, -0.2) is 4.79 Å². The first-order valence-electron chi connectivity index (χ1n) is 10.3. The largest absolute Gasteiger partial charge is 0.491 e. The van der Waals surface area contributed by atoms with Gasteiger partial charge in [0.15, 0.2) is 0 Å². The predicted molar refractivity (Wildman–Crippen MR) is 124 cm³/mol. The van der Waals surface area contributed by atoms with Gasteiger partial charge in [0.05, 0.1) is 5.39 Å². The van der Waals surface area contributed by atoms with Gasteiger partial charge in [0.2, 0.25) is 0 Å². The maximum atomic E-state index is 12.3. The molecule has 0 saturated carbocycles. The Balaban J connectivity index is 0.00000272. The van der Waals surface area contributed by atoms with E-state index in [1.165, 1.54) is 0 Å². The van der Waals surface area contributed by atoms with Gasteiger partial charge in [-0.2, -0.15) is 0 Å². The number of halogens is 1. The molecule has 0 fully saturated rings. The van der Waals surface area contributed by atoms with Crippen molar-refractivity contribution in [2.45, 2.75) is 31.8 Å². The van der Waals surface area contributed by atoms with E-state index in [-0.39, 0.29) is 31.2 Å². The van der Waals surface area contributed by atoms with E-state index in [1.54, 1.807) is 12.1 Å². The fraction of sp³-hybridized carbons (Fsp3) is 0.375. The molecule has 1 unspecified atom stereocenters. The molecule has 1 aliphatic carbocycles. The number of aliphatic hydroxyl groups excluding tert-OH is 1. The second kappa shape index (κ2) is 10.1. The minimum absolute atomic E-state index is 0. The first-order valence-corrected chi connectivity index (χ1v) is 10.3. The Labute approximate surface area is 187 Å². The topological polar surface area (TPSA) is 72.1 Å². The maximum Gasteiger partial charge on any atom is 0.339 e. The molecule has 0 saturated heterocycles. The van der Waals surface area contributed by atoms with Gasteiger partial charge in [-0.1, -0.05) is 12.1 Å².